The van der Waals surface area contributed by atoms with E-state index in [-0.39, 0.29) is 24.0 Å². The normalized spacial score (nSPS) is 21.4. The van der Waals surface area contributed by atoms with E-state index in [1.54, 1.807) is 13.1 Å². The molecule has 148 valence electrons. The van der Waals surface area contributed by atoms with Crippen molar-refractivity contribution >= 4 is 34.3 Å². The second-order valence-electron chi connectivity index (χ2n) is 7.82. The molecule has 1 aromatic carbocycles. The van der Waals surface area contributed by atoms with Crippen LogP contribution in [0.1, 0.15) is 54.6 Å². The number of thioether (sulfide) groups is 1. The molecule has 2 fully saturated rings. The largest absolute Gasteiger partial charge is 0.462 e. The van der Waals surface area contributed by atoms with Crippen LogP contribution in [0.4, 0.5) is 10.1 Å². The first-order valence-corrected chi connectivity index (χ1v) is 11.2. The van der Waals surface area contributed by atoms with Crippen LogP contribution in [-0.2, 0) is 10.5 Å². The van der Waals surface area contributed by atoms with Crippen LogP contribution in [0, 0.1) is 5.82 Å². The van der Waals surface area contributed by atoms with E-state index in [2.05, 4.69) is 4.90 Å². The van der Waals surface area contributed by atoms with E-state index in [1.807, 2.05) is 16.3 Å². The van der Waals surface area contributed by atoms with Gasteiger partial charge in [0.05, 0.1) is 17.8 Å². The highest BCUT2D eigenvalue weighted by Gasteiger charge is 2.35. The van der Waals surface area contributed by atoms with Crippen molar-refractivity contribution in [2.45, 2.75) is 50.4 Å². The molecular weight excluding hydrogens is 379 g/mol. The van der Waals surface area contributed by atoms with Gasteiger partial charge in [-0.25, -0.2) is 9.18 Å². The SMILES string of the molecule is CCOC(=O)c1cn(C2CC2)c2c3c(c(F)cc2c1=O)N1CCCC1CSC3. The Labute approximate surface area is 166 Å². The van der Waals surface area contributed by atoms with Gasteiger partial charge in [0.1, 0.15) is 11.4 Å². The van der Waals surface area contributed by atoms with Gasteiger partial charge >= 0.3 is 5.97 Å². The number of anilines is 1. The highest BCUT2D eigenvalue weighted by atomic mass is 32.2. The fourth-order valence-corrected chi connectivity index (χ4v) is 5.81. The maximum atomic E-state index is 15.3. The number of aromatic nitrogens is 1. The Morgan fingerprint density at radius 2 is 2.14 bits per heavy atom. The van der Waals surface area contributed by atoms with E-state index in [9.17, 15) is 9.59 Å². The quantitative estimate of drug-likeness (QED) is 0.730. The monoisotopic (exact) mass is 402 g/mol. The van der Waals surface area contributed by atoms with Gasteiger partial charge in [0, 0.05) is 47.3 Å². The summed E-state index contributed by atoms with van der Waals surface area (Å²) >= 11 is 1.81. The molecule has 1 unspecified atom stereocenters. The average Bonchev–Trinajstić information content (AvgIpc) is 3.45. The predicted molar refractivity (Wildman–Crippen MR) is 109 cm³/mol. The molecule has 5 rings (SSSR count). The second-order valence-corrected chi connectivity index (χ2v) is 8.85. The Kier molecular flexibility index (Phi) is 4.38. The van der Waals surface area contributed by atoms with E-state index in [4.69, 9.17) is 4.74 Å². The number of hydrogen-bond donors (Lipinski definition) is 0. The number of halogens is 1. The van der Waals surface area contributed by atoms with Crippen molar-refractivity contribution in [2.75, 3.05) is 23.8 Å². The Morgan fingerprint density at radius 1 is 1.32 bits per heavy atom. The summed E-state index contributed by atoms with van der Waals surface area (Å²) in [5.41, 5.74) is 1.94. The summed E-state index contributed by atoms with van der Waals surface area (Å²) in [6, 6.07) is 1.97. The van der Waals surface area contributed by atoms with Gasteiger partial charge in [0.15, 0.2) is 0 Å². The van der Waals surface area contributed by atoms with E-state index < -0.39 is 11.4 Å². The zero-order chi connectivity index (χ0) is 19.4. The van der Waals surface area contributed by atoms with E-state index in [1.165, 1.54) is 6.07 Å². The number of esters is 1. The number of ether oxygens (including phenoxy) is 1. The van der Waals surface area contributed by atoms with Crippen molar-refractivity contribution < 1.29 is 13.9 Å². The molecule has 1 atom stereocenters. The van der Waals surface area contributed by atoms with E-state index in [0.29, 0.717) is 22.9 Å². The van der Waals surface area contributed by atoms with Crippen LogP contribution in [0.15, 0.2) is 17.1 Å². The molecule has 0 spiro atoms. The summed E-state index contributed by atoms with van der Waals surface area (Å²) < 4.78 is 22.4. The topological polar surface area (TPSA) is 51.5 Å². The van der Waals surface area contributed by atoms with Crippen LogP contribution in [0.3, 0.4) is 0 Å². The fourth-order valence-electron chi connectivity index (χ4n) is 4.60. The molecule has 1 saturated carbocycles. The molecular formula is C21H23FN2O3S. The molecule has 7 heteroatoms. The lowest BCUT2D eigenvalue weighted by Gasteiger charge is -2.27. The van der Waals surface area contributed by atoms with Crippen LogP contribution in [0.2, 0.25) is 0 Å². The number of rotatable bonds is 3. The van der Waals surface area contributed by atoms with Gasteiger partial charge in [-0.1, -0.05) is 0 Å². The lowest BCUT2D eigenvalue weighted by atomic mass is 10.0. The third-order valence-electron chi connectivity index (χ3n) is 6.00. The summed E-state index contributed by atoms with van der Waals surface area (Å²) in [6.45, 7) is 2.77. The van der Waals surface area contributed by atoms with Crippen LogP contribution >= 0.6 is 11.8 Å². The summed E-state index contributed by atoms with van der Waals surface area (Å²) in [5.74, 6) is 0.677. The van der Waals surface area contributed by atoms with Crippen molar-refractivity contribution in [1.82, 2.24) is 4.57 Å². The maximum Gasteiger partial charge on any atom is 0.343 e. The summed E-state index contributed by atoms with van der Waals surface area (Å²) in [4.78, 5) is 27.6. The summed E-state index contributed by atoms with van der Waals surface area (Å²) in [7, 11) is 0. The van der Waals surface area contributed by atoms with Gasteiger partial charge in [-0.05, 0) is 38.7 Å². The fraction of sp³-hybridized carbons (Fsp3) is 0.524. The molecule has 28 heavy (non-hydrogen) atoms. The number of carbonyl (C=O) groups excluding carboxylic acids is 1. The Hall–Kier alpha value is -2.02. The maximum absolute atomic E-state index is 15.3. The van der Waals surface area contributed by atoms with E-state index >= 15 is 4.39 Å². The van der Waals surface area contributed by atoms with Gasteiger partial charge < -0.3 is 14.2 Å². The number of hydrogen-bond acceptors (Lipinski definition) is 5. The molecule has 1 saturated heterocycles. The van der Waals surface area contributed by atoms with Crippen LogP contribution in [-0.4, -0.2) is 35.5 Å². The predicted octanol–water partition coefficient (Wildman–Crippen LogP) is 3.87. The Morgan fingerprint density at radius 3 is 2.89 bits per heavy atom. The Balaban J connectivity index is 1.81. The molecule has 0 radical (unpaired) electrons. The zero-order valence-corrected chi connectivity index (χ0v) is 16.7. The average molecular weight is 402 g/mol. The van der Waals surface area contributed by atoms with E-state index in [0.717, 1.165) is 49.1 Å². The number of benzene rings is 1. The zero-order valence-electron chi connectivity index (χ0n) is 15.9. The van der Waals surface area contributed by atoms with Crippen molar-refractivity contribution in [3.05, 3.63) is 39.4 Å². The molecule has 0 bridgehead atoms. The minimum absolute atomic E-state index is 0.000856. The van der Waals surface area contributed by atoms with Crippen LogP contribution in [0.25, 0.3) is 10.9 Å². The number of carbonyl (C=O) groups is 1. The molecule has 1 aliphatic carbocycles. The third-order valence-corrected chi connectivity index (χ3v) is 7.11. The highest BCUT2D eigenvalue weighted by Crippen LogP contribution is 2.44. The molecule has 0 N–H and O–H groups in total. The van der Waals surface area contributed by atoms with Crippen LogP contribution in [0.5, 0.6) is 0 Å². The van der Waals surface area contributed by atoms with Crippen molar-refractivity contribution in [1.29, 1.82) is 0 Å². The first kappa shape index (κ1) is 18.0. The summed E-state index contributed by atoms with van der Waals surface area (Å²) in [5, 5.41) is 0.298. The number of pyridine rings is 1. The molecule has 0 amide bonds. The third kappa shape index (κ3) is 2.74. The minimum Gasteiger partial charge on any atom is -0.462 e. The molecule has 5 nitrogen and oxygen atoms in total. The number of fused-ring (bicyclic) bond motifs is 5. The lowest BCUT2D eigenvalue weighted by Crippen LogP contribution is -2.31. The number of nitrogens with zero attached hydrogens (tertiary/aromatic N) is 2. The second kappa shape index (κ2) is 6.79. The van der Waals surface area contributed by atoms with Gasteiger partial charge in [-0.2, -0.15) is 11.8 Å². The van der Waals surface area contributed by atoms with Gasteiger partial charge in [-0.3, -0.25) is 4.79 Å². The molecule has 1 aromatic heterocycles. The van der Waals surface area contributed by atoms with Gasteiger partial charge in [0.2, 0.25) is 5.43 Å². The smallest absolute Gasteiger partial charge is 0.343 e. The molecule has 2 aliphatic heterocycles. The van der Waals surface area contributed by atoms with Crippen molar-refractivity contribution in [2.24, 2.45) is 0 Å². The standard InChI is InChI=1S/C21H23FN2O3S/c1-2-27-21(26)15-9-24(12-5-6-12)18-14(20(15)25)8-17(22)19-16(18)11-28-10-13-4-3-7-23(13)19/h8-9,12-13H,2-7,10-11H2,1H3. The Bertz CT molecular complexity index is 1030. The molecule has 3 heterocycles. The molecule has 2 aromatic rings. The first-order valence-electron chi connectivity index (χ1n) is 10.0. The minimum atomic E-state index is -0.631. The lowest BCUT2D eigenvalue weighted by molar-refractivity contribution is 0.0524. The van der Waals surface area contributed by atoms with Crippen LogP contribution < -0.4 is 10.3 Å². The highest BCUT2D eigenvalue weighted by molar-refractivity contribution is 7.98. The van der Waals surface area contributed by atoms with Crippen molar-refractivity contribution in [3.63, 3.8) is 0 Å². The van der Waals surface area contributed by atoms with Gasteiger partial charge in [-0.15, -0.1) is 0 Å². The van der Waals surface area contributed by atoms with Gasteiger partial charge in [0.25, 0.3) is 0 Å². The summed E-state index contributed by atoms with van der Waals surface area (Å²) in [6.07, 6.45) is 5.81. The molecule has 3 aliphatic rings. The first-order chi connectivity index (χ1) is 13.6. The van der Waals surface area contributed by atoms with Crippen molar-refractivity contribution in [3.8, 4) is 0 Å².